The summed E-state index contributed by atoms with van der Waals surface area (Å²) in [4.78, 5) is 64.9. The molecule has 216 valence electrons. The van der Waals surface area contributed by atoms with E-state index in [0.29, 0.717) is 11.8 Å². The van der Waals surface area contributed by atoms with Crippen LogP contribution in [0.25, 0.3) is 0 Å². The van der Waals surface area contributed by atoms with E-state index in [4.69, 9.17) is 21.1 Å². The SMILES string of the molecule is O=C(COC(=O)c1ccccc1N1C(=O)C2C3C=CC(C4CC34)C2C1=O)c1ccc(Oc2c(Cl)cccc2[N+](=O)[O-])cc1. The van der Waals surface area contributed by atoms with Gasteiger partial charge in [0.25, 0.3) is 0 Å². The molecule has 2 saturated carbocycles. The van der Waals surface area contributed by atoms with Gasteiger partial charge < -0.3 is 9.47 Å². The highest BCUT2D eigenvalue weighted by atomic mass is 35.5. The summed E-state index contributed by atoms with van der Waals surface area (Å²) in [7, 11) is 0. The first kappa shape index (κ1) is 27.0. The number of carbonyl (C=O) groups excluding carboxylic acids is 4. The van der Waals surface area contributed by atoms with Gasteiger partial charge in [0.15, 0.2) is 12.4 Å². The van der Waals surface area contributed by atoms with Gasteiger partial charge in [-0.25, -0.2) is 9.69 Å². The van der Waals surface area contributed by atoms with Crippen molar-refractivity contribution in [2.24, 2.45) is 35.5 Å². The molecule has 1 saturated heterocycles. The van der Waals surface area contributed by atoms with Crippen molar-refractivity contribution in [3.8, 4) is 11.5 Å². The van der Waals surface area contributed by atoms with Crippen molar-refractivity contribution in [2.75, 3.05) is 11.5 Å². The standard InChI is InChI=1S/C32H23ClN2O8/c33-23-5-3-7-25(35(40)41)29(23)43-17-10-8-16(9-11-17)26(36)15-42-32(39)20-4-1-2-6-24(20)34-30(37)27-18-12-13-19(22-14-21(18)22)28(27)31(34)38/h1-13,18-19,21-22,27-28H,14-15H2. The molecule has 3 aromatic carbocycles. The van der Waals surface area contributed by atoms with E-state index >= 15 is 0 Å². The zero-order chi connectivity index (χ0) is 30.0. The molecular formula is C32H23ClN2O8. The summed E-state index contributed by atoms with van der Waals surface area (Å²) in [6.45, 7) is -0.589. The van der Waals surface area contributed by atoms with E-state index in [1.54, 1.807) is 18.2 Å². The third-order valence-electron chi connectivity index (χ3n) is 8.90. The molecule has 2 bridgehead atoms. The van der Waals surface area contributed by atoms with E-state index < -0.39 is 35.1 Å². The van der Waals surface area contributed by atoms with E-state index in [1.807, 2.05) is 0 Å². The van der Waals surface area contributed by atoms with Gasteiger partial charge in [-0.1, -0.05) is 42.0 Å². The molecule has 10 nitrogen and oxygen atoms in total. The number of imide groups is 1. The van der Waals surface area contributed by atoms with Crippen molar-refractivity contribution < 1.29 is 33.6 Å². The molecule has 6 unspecified atom stereocenters. The normalized spacial score (nSPS) is 26.1. The third-order valence-corrected chi connectivity index (χ3v) is 9.20. The second-order valence-corrected chi connectivity index (χ2v) is 11.6. The number of carbonyl (C=O) groups is 4. The van der Waals surface area contributed by atoms with Crippen LogP contribution in [0.1, 0.15) is 27.1 Å². The van der Waals surface area contributed by atoms with Crippen LogP contribution in [0.5, 0.6) is 11.5 Å². The Morgan fingerprint density at radius 3 is 2.21 bits per heavy atom. The number of hydrogen-bond donors (Lipinski definition) is 0. The largest absolute Gasteiger partial charge is 0.454 e. The predicted molar refractivity (Wildman–Crippen MR) is 153 cm³/mol. The topological polar surface area (TPSA) is 133 Å². The summed E-state index contributed by atoms with van der Waals surface area (Å²) in [5.74, 6) is -1.66. The van der Waals surface area contributed by atoms with E-state index in [1.165, 1.54) is 48.5 Å². The monoisotopic (exact) mass is 598 g/mol. The van der Waals surface area contributed by atoms with Gasteiger partial charge >= 0.3 is 11.7 Å². The van der Waals surface area contributed by atoms with Crippen LogP contribution in [-0.4, -0.2) is 35.1 Å². The number of rotatable bonds is 8. The summed E-state index contributed by atoms with van der Waals surface area (Å²) in [5.41, 5.74) is 0.0768. The van der Waals surface area contributed by atoms with Crippen LogP contribution in [0.3, 0.4) is 0 Å². The summed E-state index contributed by atoms with van der Waals surface area (Å²) < 4.78 is 10.9. The van der Waals surface area contributed by atoms with Crippen molar-refractivity contribution in [1.29, 1.82) is 0 Å². The number of benzene rings is 3. The van der Waals surface area contributed by atoms with Crippen LogP contribution in [0, 0.1) is 45.6 Å². The number of anilines is 1. The first-order chi connectivity index (χ1) is 20.7. The molecule has 11 heteroatoms. The van der Waals surface area contributed by atoms with Crippen LogP contribution in [-0.2, 0) is 14.3 Å². The number of esters is 1. The summed E-state index contributed by atoms with van der Waals surface area (Å²) in [5, 5.41) is 11.4. The Morgan fingerprint density at radius 2 is 1.56 bits per heavy atom. The molecular weight excluding hydrogens is 576 g/mol. The molecule has 1 aliphatic heterocycles. The predicted octanol–water partition coefficient (Wildman–Crippen LogP) is 5.64. The minimum atomic E-state index is -0.839. The Hall–Kier alpha value is -4.83. The molecule has 0 spiro atoms. The minimum Gasteiger partial charge on any atom is -0.454 e. The Bertz CT molecular complexity index is 1720. The first-order valence-corrected chi connectivity index (χ1v) is 14.2. The van der Waals surface area contributed by atoms with E-state index in [9.17, 15) is 29.3 Å². The summed E-state index contributed by atoms with van der Waals surface area (Å²) in [6, 6.07) is 16.1. The minimum absolute atomic E-state index is 0.0196. The highest BCUT2D eigenvalue weighted by Crippen LogP contribution is 2.65. The molecule has 8 rings (SSSR count). The number of Topliss-reactive ketones (excluding diaryl/α,β-unsaturated/α-hetero) is 1. The molecule has 0 radical (unpaired) electrons. The number of amides is 2. The highest BCUT2D eigenvalue weighted by molar-refractivity contribution is 6.32. The average molecular weight is 599 g/mol. The number of nitro groups is 1. The fraction of sp³-hybridized carbons (Fsp3) is 0.250. The van der Waals surface area contributed by atoms with Gasteiger partial charge in [-0.05, 0) is 72.6 Å². The van der Waals surface area contributed by atoms with Gasteiger partial charge in [0.1, 0.15) is 5.75 Å². The van der Waals surface area contributed by atoms with Crippen LogP contribution in [0.2, 0.25) is 5.02 Å². The van der Waals surface area contributed by atoms with Gasteiger partial charge in [0, 0.05) is 11.6 Å². The molecule has 1 heterocycles. The number of nitrogens with zero attached hydrogens (tertiary/aromatic N) is 2. The van der Waals surface area contributed by atoms with Gasteiger partial charge in [-0.2, -0.15) is 0 Å². The number of nitro benzene ring substituents is 1. The molecule has 5 aliphatic rings. The molecule has 4 aliphatic carbocycles. The molecule has 6 atom stereocenters. The van der Waals surface area contributed by atoms with Gasteiger partial charge in [-0.15, -0.1) is 0 Å². The average Bonchev–Trinajstić information content (AvgIpc) is 3.79. The van der Waals surface area contributed by atoms with Gasteiger partial charge in [-0.3, -0.25) is 24.5 Å². The lowest BCUT2D eigenvalue weighted by atomic mass is 9.63. The second-order valence-electron chi connectivity index (χ2n) is 11.2. The first-order valence-electron chi connectivity index (χ1n) is 13.8. The van der Waals surface area contributed by atoms with Crippen molar-refractivity contribution in [3.63, 3.8) is 0 Å². The lowest BCUT2D eigenvalue weighted by Gasteiger charge is -2.37. The zero-order valence-electron chi connectivity index (χ0n) is 22.4. The fourth-order valence-corrected chi connectivity index (χ4v) is 7.10. The van der Waals surface area contributed by atoms with Crippen molar-refractivity contribution >= 4 is 46.5 Å². The number of para-hydroxylation sites is 2. The molecule has 2 amide bonds. The van der Waals surface area contributed by atoms with Crippen molar-refractivity contribution in [2.45, 2.75) is 6.42 Å². The van der Waals surface area contributed by atoms with Gasteiger partial charge in [0.05, 0.1) is 33.0 Å². The highest BCUT2D eigenvalue weighted by Gasteiger charge is 2.67. The molecule has 43 heavy (non-hydrogen) atoms. The Labute approximate surface area is 250 Å². The molecule has 3 aromatic rings. The maximum absolute atomic E-state index is 13.6. The zero-order valence-corrected chi connectivity index (χ0v) is 23.2. The number of hydrogen-bond acceptors (Lipinski definition) is 8. The smallest absolute Gasteiger partial charge is 0.340 e. The Morgan fingerprint density at radius 1 is 0.907 bits per heavy atom. The number of ether oxygens (including phenoxy) is 2. The maximum Gasteiger partial charge on any atom is 0.340 e. The maximum atomic E-state index is 13.6. The van der Waals surface area contributed by atoms with E-state index in [-0.39, 0.29) is 62.7 Å². The summed E-state index contributed by atoms with van der Waals surface area (Å²) in [6.07, 6.45) is 5.21. The number of halogens is 1. The Balaban J connectivity index is 1.03. The van der Waals surface area contributed by atoms with Crippen LogP contribution in [0.4, 0.5) is 11.4 Å². The Kier molecular flexibility index (Phi) is 6.39. The van der Waals surface area contributed by atoms with E-state index in [2.05, 4.69) is 12.2 Å². The summed E-state index contributed by atoms with van der Waals surface area (Å²) >= 11 is 6.07. The molecule has 0 N–H and O–H groups in total. The second kappa shape index (κ2) is 10.2. The lowest BCUT2D eigenvalue weighted by Crippen LogP contribution is -2.40. The van der Waals surface area contributed by atoms with Crippen molar-refractivity contribution in [1.82, 2.24) is 0 Å². The molecule has 3 fully saturated rings. The quantitative estimate of drug-likeness (QED) is 0.0812. The third kappa shape index (κ3) is 4.40. The number of allylic oxidation sites excluding steroid dienone is 2. The lowest BCUT2D eigenvalue weighted by molar-refractivity contribution is -0.385. The van der Waals surface area contributed by atoms with Crippen LogP contribution in [0.15, 0.2) is 78.9 Å². The van der Waals surface area contributed by atoms with Crippen molar-refractivity contribution in [3.05, 3.63) is 105 Å². The van der Waals surface area contributed by atoms with Crippen LogP contribution >= 0.6 is 11.6 Å². The number of ketones is 1. The fourth-order valence-electron chi connectivity index (χ4n) is 6.90. The van der Waals surface area contributed by atoms with E-state index in [0.717, 1.165) is 11.3 Å². The van der Waals surface area contributed by atoms with Crippen LogP contribution < -0.4 is 9.64 Å². The van der Waals surface area contributed by atoms with Gasteiger partial charge in [0.2, 0.25) is 17.6 Å². The molecule has 0 aromatic heterocycles.